The van der Waals surface area contributed by atoms with Crippen LogP contribution in [0.3, 0.4) is 0 Å². The van der Waals surface area contributed by atoms with Crippen molar-refractivity contribution in [1.29, 1.82) is 0 Å². The summed E-state index contributed by atoms with van der Waals surface area (Å²) in [5.41, 5.74) is 2.44. The van der Waals surface area contributed by atoms with Crippen LogP contribution in [0.25, 0.3) is 6.08 Å². The van der Waals surface area contributed by atoms with Gasteiger partial charge in [-0.25, -0.2) is 4.79 Å². The maximum atomic E-state index is 13.0. The van der Waals surface area contributed by atoms with E-state index < -0.39 is 11.6 Å². The van der Waals surface area contributed by atoms with Crippen molar-refractivity contribution in [3.8, 4) is 5.75 Å². The Labute approximate surface area is 195 Å². The minimum Gasteiger partial charge on any atom is -0.489 e. The molecule has 0 radical (unpaired) electrons. The predicted molar refractivity (Wildman–Crippen MR) is 130 cm³/mol. The molecule has 0 unspecified atom stereocenters. The molecule has 33 heavy (non-hydrogen) atoms. The van der Waals surface area contributed by atoms with Crippen molar-refractivity contribution in [3.63, 3.8) is 0 Å². The second-order valence-electron chi connectivity index (χ2n) is 8.56. The van der Waals surface area contributed by atoms with Gasteiger partial charge < -0.3 is 14.8 Å². The first-order chi connectivity index (χ1) is 15.8. The molecule has 3 aromatic rings. The highest BCUT2D eigenvalue weighted by molar-refractivity contribution is 5.99. The van der Waals surface area contributed by atoms with Gasteiger partial charge in [0, 0.05) is 12.6 Å². The van der Waals surface area contributed by atoms with Gasteiger partial charge in [0.15, 0.2) is 0 Å². The van der Waals surface area contributed by atoms with Gasteiger partial charge in [-0.2, -0.15) is 0 Å². The van der Waals surface area contributed by atoms with Crippen LogP contribution in [-0.4, -0.2) is 17.5 Å². The number of amides is 1. The molecule has 0 bridgehead atoms. The third-order valence-corrected chi connectivity index (χ3v) is 4.62. The Balaban J connectivity index is 1.79. The summed E-state index contributed by atoms with van der Waals surface area (Å²) in [5, 5.41) is 2.94. The SMILES string of the molecule is CC(C)(C)OC(=O)/C=C/c1ccc(OCc2ccccc2)cc1C(=O)NCc1ccccc1. The van der Waals surface area contributed by atoms with Gasteiger partial charge in [0.05, 0.1) is 5.56 Å². The number of esters is 1. The fourth-order valence-corrected chi connectivity index (χ4v) is 3.08. The third kappa shape index (κ3) is 7.96. The number of benzene rings is 3. The Bertz CT molecular complexity index is 1100. The van der Waals surface area contributed by atoms with Gasteiger partial charge in [0.2, 0.25) is 0 Å². The van der Waals surface area contributed by atoms with Crippen molar-refractivity contribution in [3.05, 3.63) is 107 Å². The van der Waals surface area contributed by atoms with Gasteiger partial charge in [-0.05, 0) is 55.7 Å². The third-order valence-electron chi connectivity index (χ3n) is 4.62. The minimum atomic E-state index is -0.591. The molecule has 1 N–H and O–H groups in total. The molecule has 0 aliphatic rings. The van der Waals surface area contributed by atoms with Gasteiger partial charge in [-0.1, -0.05) is 66.7 Å². The normalized spacial score (nSPS) is 11.2. The van der Waals surface area contributed by atoms with Crippen LogP contribution >= 0.6 is 0 Å². The Kier molecular flexibility index (Phi) is 8.03. The standard InChI is InChI=1S/C28H29NO4/c1-28(2,3)33-26(30)17-15-23-14-16-24(32-20-22-12-8-5-9-13-22)18-25(23)27(31)29-19-21-10-6-4-7-11-21/h4-18H,19-20H2,1-3H3,(H,29,31)/b17-15+. The monoisotopic (exact) mass is 443 g/mol. The number of carbonyl (C=O) groups excluding carboxylic acids is 2. The lowest BCUT2D eigenvalue weighted by atomic mass is 10.1. The van der Waals surface area contributed by atoms with Crippen LogP contribution in [0.4, 0.5) is 0 Å². The van der Waals surface area contributed by atoms with Crippen LogP contribution in [0.2, 0.25) is 0 Å². The molecule has 0 aliphatic carbocycles. The molecule has 1 amide bonds. The molecule has 0 aromatic heterocycles. The maximum Gasteiger partial charge on any atom is 0.331 e. The van der Waals surface area contributed by atoms with Crippen LogP contribution in [0, 0.1) is 0 Å². The van der Waals surface area contributed by atoms with E-state index in [4.69, 9.17) is 9.47 Å². The summed E-state index contributed by atoms with van der Waals surface area (Å²) in [7, 11) is 0. The van der Waals surface area contributed by atoms with E-state index in [0.29, 0.717) is 30.0 Å². The molecule has 0 heterocycles. The van der Waals surface area contributed by atoms with Gasteiger partial charge >= 0.3 is 5.97 Å². The van der Waals surface area contributed by atoms with E-state index in [2.05, 4.69) is 5.32 Å². The summed E-state index contributed by atoms with van der Waals surface area (Å²) >= 11 is 0. The fraction of sp³-hybridized carbons (Fsp3) is 0.214. The average molecular weight is 444 g/mol. The van der Waals surface area contributed by atoms with E-state index in [-0.39, 0.29) is 5.91 Å². The van der Waals surface area contributed by atoms with Crippen LogP contribution < -0.4 is 10.1 Å². The number of hydrogen-bond acceptors (Lipinski definition) is 4. The van der Waals surface area contributed by atoms with Crippen LogP contribution in [0.1, 0.15) is 47.8 Å². The topological polar surface area (TPSA) is 64.6 Å². The summed E-state index contributed by atoms with van der Waals surface area (Å²) in [5.74, 6) is -0.159. The van der Waals surface area contributed by atoms with Crippen molar-refractivity contribution in [2.45, 2.75) is 39.5 Å². The Morgan fingerprint density at radius 3 is 2.15 bits per heavy atom. The van der Waals surface area contributed by atoms with E-state index in [9.17, 15) is 9.59 Å². The van der Waals surface area contributed by atoms with E-state index in [1.807, 2.05) is 60.7 Å². The quantitative estimate of drug-likeness (QED) is 0.366. The van der Waals surface area contributed by atoms with Crippen molar-refractivity contribution >= 4 is 18.0 Å². The molecule has 170 valence electrons. The Morgan fingerprint density at radius 1 is 0.879 bits per heavy atom. The highest BCUT2D eigenvalue weighted by Crippen LogP contribution is 2.21. The molecule has 5 heteroatoms. The first kappa shape index (κ1) is 23.8. The summed E-state index contributed by atoms with van der Waals surface area (Å²) in [6.45, 7) is 6.20. The van der Waals surface area contributed by atoms with Crippen molar-refractivity contribution < 1.29 is 19.1 Å². The molecular weight excluding hydrogens is 414 g/mol. The lowest BCUT2D eigenvalue weighted by molar-refractivity contribution is -0.148. The maximum absolute atomic E-state index is 13.0. The molecule has 0 atom stereocenters. The lowest BCUT2D eigenvalue weighted by Crippen LogP contribution is -2.24. The summed E-state index contributed by atoms with van der Waals surface area (Å²) in [6.07, 6.45) is 2.92. The molecule has 0 saturated heterocycles. The van der Waals surface area contributed by atoms with E-state index in [1.165, 1.54) is 6.08 Å². The van der Waals surface area contributed by atoms with Crippen molar-refractivity contribution in [2.24, 2.45) is 0 Å². The average Bonchev–Trinajstić information content (AvgIpc) is 2.80. The fourth-order valence-electron chi connectivity index (χ4n) is 3.08. The highest BCUT2D eigenvalue weighted by Gasteiger charge is 2.15. The number of carbonyl (C=O) groups is 2. The van der Waals surface area contributed by atoms with Crippen molar-refractivity contribution in [1.82, 2.24) is 5.32 Å². The second-order valence-corrected chi connectivity index (χ2v) is 8.56. The largest absolute Gasteiger partial charge is 0.489 e. The molecule has 0 fully saturated rings. The first-order valence-electron chi connectivity index (χ1n) is 10.8. The van der Waals surface area contributed by atoms with Gasteiger partial charge in [-0.15, -0.1) is 0 Å². The summed E-state index contributed by atoms with van der Waals surface area (Å²) in [6, 6.07) is 24.7. The van der Waals surface area contributed by atoms with Crippen LogP contribution in [-0.2, 0) is 22.7 Å². The summed E-state index contributed by atoms with van der Waals surface area (Å²) < 4.78 is 11.2. The molecule has 0 saturated carbocycles. The van der Waals surface area contributed by atoms with E-state index in [1.54, 1.807) is 45.0 Å². The molecule has 5 nitrogen and oxygen atoms in total. The van der Waals surface area contributed by atoms with Crippen molar-refractivity contribution in [2.75, 3.05) is 0 Å². The molecule has 3 rings (SSSR count). The first-order valence-corrected chi connectivity index (χ1v) is 10.8. The molecule has 0 aliphatic heterocycles. The number of nitrogens with one attached hydrogen (secondary N) is 1. The Morgan fingerprint density at radius 2 is 1.52 bits per heavy atom. The van der Waals surface area contributed by atoms with Gasteiger partial charge in [0.1, 0.15) is 18.0 Å². The predicted octanol–water partition coefficient (Wildman–Crippen LogP) is 5.55. The number of ether oxygens (including phenoxy) is 2. The summed E-state index contributed by atoms with van der Waals surface area (Å²) in [4.78, 5) is 25.1. The lowest BCUT2D eigenvalue weighted by Gasteiger charge is -2.18. The van der Waals surface area contributed by atoms with Gasteiger partial charge in [0.25, 0.3) is 5.91 Å². The minimum absolute atomic E-state index is 0.257. The van der Waals surface area contributed by atoms with Crippen LogP contribution in [0.15, 0.2) is 84.9 Å². The zero-order valence-electron chi connectivity index (χ0n) is 19.2. The smallest absolute Gasteiger partial charge is 0.331 e. The van der Waals surface area contributed by atoms with E-state index >= 15 is 0 Å². The number of hydrogen-bond donors (Lipinski definition) is 1. The van der Waals surface area contributed by atoms with Crippen LogP contribution in [0.5, 0.6) is 5.75 Å². The highest BCUT2D eigenvalue weighted by atomic mass is 16.6. The van der Waals surface area contributed by atoms with E-state index in [0.717, 1.165) is 11.1 Å². The molecular formula is C28H29NO4. The molecule has 0 spiro atoms. The van der Waals surface area contributed by atoms with Gasteiger partial charge in [-0.3, -0.25) is 4.79 Å². The number of rotatable bonds is 8. The Hall–Kier alpha value is -3.86. The zero-order valence-corrected chi connectivity index (χ0v) is 19.2. The zero-order chi connectivity index (χ0) is 23.7. The molecule has 3 aromatic carbocycles. The second kappa shape index (κ2) is 11.1.